The number of anilines is 2. The number of pyridine rings is 2. The molecule has 12 nitrogen and oxygen atoms in total. The van der Waals surface area contributed by atoms with Crippen molar-refractivity contribution in [1.82, 2.24) is 30.1 Å². The minimum absolute atomic E-state index is 0.0188. The third-order valence-corrected chi connectivity index (χ3v) is 7.57. The van der Waals surface area contributed by atoms with Gasteiger partial charge in [-0.1, -0.05) is 18.2 Å². The number of nitrogens with zero attached hydrogens (tertiary/aromatic N) is 6. The maximum Gasteiger partial charge on any atom is 0.320 e. The summed E-state index contributed by atoms with van der Waals surface area (Å²) in [5.41, 5.74) is 4.20. The Hall–Kier alpha value is -4.72. The lowest BCUT2D eigenvalue weighted by Gasteiger charge is -2.19. The fraction of sp³-hybridized carbons (Fsp3) is 0.300. The zero-order chi connectivity index (χ0) is 30.1. The van der Waals surface area contributed by atoms with Crippen LogP contribution in [0.4, 0.5) is 20.8 Å². The first kappa shape index (κ1) is 28.4. The first-order valence-electron chi connectivity index (χ1n) is 13.8. The molecule has 4 aromatic rings. The van der Waals surface area contributed by atoms with Crippen LogP contribution in [0.1, 0.15) is 22.8 Å². The second kappa shape index (κ2) is 11.9. The summed E-state index contributed by atoms with van der Waals surface area (Å²) in [6, 6.07) is 13.4. The second-order valence-electron chi connectivity index (χ2n) is 10.4. The summed E-state index contributed by atoms with van der Waals surface area (Å²) in [6.45, 7) is 3.13. The van der Waals surface area contributed by atoms with Gasteiger partial charge in [0.1, 0.15) is 17.7 Å². The zero-order valence-corrected chi connectivity index (χ0v) is 24.0. The lowest BCUT2D eigenvalue weighted by molar-refractivity contribution is -0.154. The molecule has 222 valence electrons. The molecule has 0 spiro atoms. The monoisotopic (exact) mass is 586 g/mol. The lowest BCUT2D eigenvalue weighted by atomic mass is 10.0. The van der Waals surface area contributed by atoms with Crippen molar-refractivity contribution in [3.05, 3.63) is 83.6 Å². The molecule has 1 fully saturated rings. The van der Waals surface area contributed by atoms with E-state index in [1.807, 2.05) is 43.3 Å². The van der Waals surface area contributed by atoms with Crippen LogP contribution in [0.5, 0.6) is 0 Å². The van der Waals surface area contributed by atoms with Gasteiger partial charge in [0.05, 0.1) is 30.5 Å². The van der Waals surface area contributed by atoms with Gasteiger partial charge in [-0.25, -0.2) is 19.4 Å². The molecule has 2 aliphatic heterocycles. The van der Waals surface area contributed by atoms with Crippen LogP contribution in [-0.4, -0.2) is 76.6 Å². The smallest absolute Gasteiger partial charge is 0.320 e. The van der Waals surface area contributed by atoms with Crippen molar-refractivity contribution in [2.24, 2.45) is 0 Å². The van der Waals surface area contributed by atoms with Crippen molar-refractivity contribution in [1.29, 1.82) is 0 Å². The van der Waals surface area contributed by atoms with Gasteiger partial charge in [0.2, 0.25) is 11.9 Å². The van der Waals surface area contributed by atoms with Gasteiger partial charge < -0.3 is 10.1 Å². The van der Waals surface area contributed by atoms with E-state index in [2.05, 4.69) is 20.6 Å². The molecule has 0 bridgehead atoms. The van der Waals surface area contributed by atoms with Crippen LogP contribution in [0.15, 0.2) is 60.9 Å². The lowest BCUT2D eigenvalue weighted by Crippen LogP contribution is -2.42. The van der Waals surface area contributed by atoms with Crippen molar-refractivity contribution in [3.8, 4) is 16.9 Å². The molecule has 0 saturated carbocycles. The third kappa shape index (κ3) is 5.69. The Kier molecular flexibility index (Phi) is 7.84. The van der Waals surface area contributed by atoms with Crippen molar-refractivity contribution < 1.29 is 23.6 Å². The summed E-state index contributed by atoms with van der Waals surface area (Å²) in [7, 11) is 3.30. The maximum atomic E-state index is 14.0. The predicted octanol–water partition coefficient (Wildman–Crippen LogP) is 3.42. The summed E-state index contributed by atoms with van der Waals surface area (Å²) in [5, 5.41) is 12.5. The number of carbonyl (C=O) groups excluding carboxylic acids is 2. The number of halogens is 1. The highest BCUT2D eigenvalue weighted by Crippen LogP contribution is 2.34. The van der Waals surface area contributed by atoms with Gasteiger partial charge in [0.15, 0.2) is 0 Å². The summed E-state index contributed by atoms with van der Waals surface area (Å²) in [6.07, 6.45) is 2.69. The number of methoxy groups -OCH3 is 1. The van der Waals surface area contributed by atoms with Crippen molar-refractivity contribution in [2.75, 3.05) is 44.1 Å². The molecule has 5 heterocycles. The maximum absolute atomic E-state index is 14.0. The summed E-state index contributed by atoms with van der Waals surface area (Å²) in [5.74, 6) is 0.448. The average Bonchev–Trinajstić information content (AvgIpc) is 3.65. The molecule has 1 aromatic carbocycles. The Morgan fingerprint density at radius 1 is 1.19 bits per heavy atom. The van der Waals surface area contributed by atoms with Crippen LogP contribution in [0.3, 0.4) is 0 Å². The summed E-state index contributed by atoms with van der Waals surface area (Å²) in [4.78, 5) is 41.5. The molecule has 0 unspecified atom stereocenters. The number of benzene rings is 1. The van der Waals surface area contributed by atoms with Gasteiger partial charge in [0, 0.05) is 56.3 Å². The first-order valence-corrected chi connectivity index (χ1v) is 13.8. The van der Waals surface area contributed by atoms with E-state index < -0.39 is 24.1 Å². The molecule has 0 aliphatic carbocycles. The van der Waals surface area contributed by atoms with E-state index in [-0.39, 0.29) is 12.3 Å². The van der Waals surface area contributed by atoms with Crippen molar-refractivity contribution in [2.45, 2.75) is 25.5 Å². The van der Waals surface area contributed by atoms with Crippen LogP contribution in [0.2, 0.25) is 0 Å². The molecule has 2 atom stereocenters. The summed E-state index contributed by atoms with van der Waals surface area (Å²) < 4.78 is 20.8. The van der Waals surface area contributed by atoms with Crippen molar-refractivity contribution in [3.63, 3.8) is 0 Å². The quantitative estimate of drug-likeness (QED) is 0.301. The number of rotatable bonds is 8. The number of likely N-dealkylation sites (N-methyl/N-ethyl adjacent to an activating group) is 1. The van der Waals surface area contributed by atoms with E-state index in [1.165, 1.54) is 12.3 Å². The SMILES string of the molecule is COCCN1C[C@@H](NC(=O)Nc2c(C)c(-c3cnc4c(c3)CC(=O)N4C)nn2-c2ccccc2)[C@H](c2ccnc(F)c2)O1. The van der Waals surface area contributed by atoms with Gasteiger partial charge in [-0.05, 0) is 42.8 Å². The molecule has 13 heteroatoms. The highest BCUT2D eigenvalue weighted by molar-refractivity contribution is 6.00. The largest absolute Gasteiger partial charge is 0.383 e. The number of para-hydroxylation sites is 1. The topological polar surface area (TPSA) is 127 Å². The van der Waals surface area contributed by atoms with Gasteiger partial charge in [-0.2, -0.15) is 14.6 Å². The van der Waals surface area contributed by atoms with Crippen LogP contribution < -0.4 is 15.5 Å². The van der Waals surface area contributed by atoms with E-state index in [4.69, 9.17) is 14.7 Å². The highest BCUT2D eigenvalue weighted by atomic mass is 19.1. The Morgan fingerprint density at radius 3 is 2.77 bits per heavy atom. The predicted molar refractivity (Wildman–Crippen MR) is 156 cm³/mol. The van der Waals surface area contributed by atoms with Crippen LogP contribution in [0.25, 0.3) is 16.9 Å². The summed E-state index contributed by atoms with van der Waals surface area (Å²) >= 11 is 0. The normalized spacial score (nSPS) is 18.2. The fourth-order valence-corrected chi connectivity index (χ4v) is 5.39. The molecular weight excluding hydrogens is 555 g/mol. The van der Waals surface area contributed by atoms with E-state index in [0.29, 0.717) is 42.6 Å². The second-order valence-corrected chi connectivity index (χ2v) is 10.4. The minimum atomic E-state index is -0.633. The number of carbonyl (C=O) groups is 2. The van der Waals surface area contributed by atoms with E-state index in [0.717, 1.165) is 22.4 Å². The van der Waals surface area contributed by atoms with E-state index in [1.54, 1.807) is 41.1 Å². The van der Waals surface area contributed by atoms with Gasteiger partial charge in [0.25, 0.3) is 0 Å². The molecule has 6 rings (SSSR count). The van der Waals surface area contributed by atoms with Crippen LogP contribution >= 0.6 is 0 Å². The van der Waals surface area contributed by atoms with E-state index >= 15 is 0 Å². The molecular formula is C30H31FN8O4. The number of hydrogen-bond acceptors (Lipinski definition) is 8. The number of hydrogen-bond donors (Lipinski definition) is 2. The molecule has 0 radical (unpaired) electrons. The molecule has 3 aromatic heterocycles. The van der Waals surface area contributed by atoms with Crippen molar-refractivity contribution >= 4 is 23.6 Å². The number of fused-ring (bicyclic) bond motifs is 1. The first-order chi connectivity index (χ1) is 20.8. The minimum Gasteiger partial charge on any atom is -0.383 e. The average molecular weight is 587 g/mol. The number of ether oxygens (including phenoxy) is 1. The Bertz CT molecular complexity index is 1660. The standard InChI is InChI=1S/C30H31FN8O4/c1-18-26(21-13-20-15-25(40)37(2)29(20)33-16-21)36-39(22-7-5-4-6-8-22)28(18)35-30(41)34-23-17-38(11-12-42-3)43-27(23)19-9-10-32-24(31)14-19/h4-10,13-14,16,23,27H,11-12,15,17H2,1-3H3,(H2,34,35,41)/t23-,27+/m1/s1. The molecule has 1 saturated heterocycles. The fourth-order valence-electron chi connectivity index (χ4n) is 5.39. The Balaban J connectivity index is 1.29. The zero-order valence-electron chi connectivity index (χ0n) is 24.0. The Labute approximate surface area is 247 Å². The molecule has 2 N–H and O–H groups in total. The molecule has 3 amide bonds. The molecule has 2 aliphatic rings. The van der Waals surface area contributed by atoms with Gasteiger partial charge in [-0.15, -0.1) is 0 Å². The van der Waals surface area contributed by atoms with Gasteiger partial charge >= 0.3 is 6.03 Å². The Morgan fingerprint density at radius 2 is 2.00 bits per heavy atom. The number of aromatic nitrogens is 4. The third-order valence-electron chi connectivity index (χ3n) is 7.57. The van der Waals surface area contributed by atoms with Crippen LogP contribution in [0, 0.1) is 12.9 Å². The highest BCUT2D eigenvalue weighted by Gasteiger charge is 2.37. The number of hydroxylamine groups is 2. The number of nitrogens with one attached hydrogen (secondary N) is 2. The number of amides is 3. The number of urea groups is 1. The van der Waals surface area contributed by atoms with Gasteiger partial charge in [-0.3, -0.25) is 19.8 Å². The molecule has 43 heavy (non-hydrogen) atoms. The van der Waals surface area contributed by atoms with E-state index in [9.17, 15) is 14.0 Å². The van der Waals surface area contributed by atoms with Crippen LogP contribution in [-0.2, 0) is 20.8 Å².